The number of piperidine rings is 1. The molecule has 5 heteroatoms. The Bertz CT molecular complexity index is 699. The van der Waals surface area contributed by atoms with Gasteiger partial charge in [-0.1, -0.05) is 41.9 Å². The first kappa shape index (κ1) is 19.9. The third-order valence-corrected chi connectivity index (χ3v) is 5.40. The van der Waals surface area contributed by atoms with Crippen LogP contribution >= 0.6 is 11.6 Å². The third-order valence-electron chi connectivity index (χ3n) is 5.15. The number of hydrogen-bond acceptors (Lipinski definition) is 3. The smallest absolute Gasteiger partial charge is 0.251 e. The molecular weight excluding hydrogens is 358 g/mol. The Labute approximate surface area is 166 Å². The largest absolute Gasteiger partial charge is 0.351 e. The molecule has 27 heavy (non-hydrogen) atoms. The normalized spacial score (nSPS) is 15.0. The van der Waals surface area contributed by atoms with E-state index < -0.39 is 0 Å². The fourth-order valence-electron chi connectivity index (χ4n) is 3.58. The van der Waals surface area contributed by atoms with Crippen LogP contribution in [0.15, 0.2) is 54.6 Å². The van der Waals surface area contributed by atoms with E-state index in [4.69, 9.17) is 11.6 Å². The van der Waals surface area contributed by atoms with Crippen molar-refractivity contribution in [3.8, 4) is 0 Å². The van der Waals surface area contributed by atoms with Gasteiger partial charge in [-0.2, -0.15) is 0 Å². The van der Waals surface area contributed by atoms with Crippen LogP contribution in [0.2, 0.25) is 5.02 Å². The molecule has 3 rings (SSSR count). The zero-order valence-corrected chi connectivity index (χ0v) is 16.4. The van der Waals surface area contributed by atoms with E-state index in [1.807, 2.05) is 42.5 Å². The quantitative estimate of drug-likeness (QED) is 0.732. The van der Waals surface area contributed by atoms with E-state index in [2.05, 4.69) is 27.7 Å². The number of nitrogens with zero attached hydrogens (tertiary/aromatic N) is 1. The second-order valence-electron chi connectivity index (χ2n) is 7.02. The standard InChI is InChI=1S/C22H28ClN3O/c23-20-8-6-18(7-9-20)12-16-26(21-10-13-24-14-11-21)17-15-25-22(27)19-4-2-1-3-5-19/h1-9,21,24H,10-17H2,(H,25,27). The Kier molecular flexibility index (Phi) is 7.69. The molecule has 1 aliphatic rings. The van der Waals surface area contributed by atoms with Crippen LogP contribution in [-0.2, 0) is 6.42 Å². The lowest BCUT2D eigenvalue weighted by Gasteiger charge is -2.34. The number of halogens is 1. The highest BCUT2D eigenvalue weighted by atomic mass is 35.5. The van der Waals surface area contributed by atoms with Crippen molar-refractivity contribution in [1.29, 1.82) is 0 Å². The molecule has 2 aromatic rings. The summed E-state index contributed by atoms with van der Waals surface area (Å²) in [6, 6.07) is 18.1. The van der Waals surface area contributed by atoms with Crippen molar-refractivity contribution in [1.82, 2.24) is 15.5 Å². The molecule has 0 aromatic heterocycles. The summed E-state index contributed by atoms with van der Waals surface area (Å²) in [5, 5.41) is 7.27. The highest BCUT2D eigenvalue weighted by Gasteiger charge is 2.20. The number of amides is 1. The van der Waals surface area contributed by atoms with E-state index in [9.17, 15) is 4.79 Å². The van der Waals surface area contributed by atoms with Crippen molar-refractivity contribution in [2.75, 3.05) is 32.7 Å². The van der Waals surface area contributed by atoms with Gasteiger partial charge in [-0.25, -0.2) is 0 Å². The number of carbonyl (C=O) groups excluding carboxylic acids is 1. The average Bonchev–Trinajstić information content (AvgIpc) is 2.73. The average molecular weight is 386 g/mol. The predicted octanol–water partition coefficient (Wildman–Crippen LogP) is 3.37. The topological polar surface area (TPSA) is 44.4 Å². The van der Waals surface area contributed by atoms with E-state index in [1.165, 1.54) is 5.56 Å². The van der Waals surface area contributed by atoms with E-state index in [0.29, 0.717) is 18.2 Å². The predicted molar refractivity (Wildman–Crippen MR) is 111 cm³/mol. The minimum Gasteiger partial charge on any atom is -0.351 e. The molecule has 0 bridgehead atoms. The molecule has 1 saturated heterocycles. The van der Waals surface area contributed by atoms with Gasteiger partial charge in [0, 0.05) is 36.3 Å². The fraction of sp³-hybridized carbons (Fsp3) is 0.409. The van der Waals surface area contributed by atoms with Gasteiger partial charge >= 0.3 is 0 Å². The molecule has 0 saturated carbocycles. The van der Waals surface area contributed by atoms with Gasteiger partial charge < -0.3 is 10.6 Å². The van der Waals surface area contributed by atoms with Gasteiger partial charge in [0.25, 0.3) is 5.91 Å². The number of carbonyl (C=O) groups is 1. The molecule has 1 heterocycles. The Balaban J connectivity index is 1.53. The van der Waals surface area contributed by atoms with Gasteiger partial charge in [0.15, 0.2) is 0 Å². The van der Waals surface area contributed by atoms with Gasteiger partial charge in [0.1, 0.15) is 0 Å². The minimum atomic E-state index is -0.00133. The first-order chi connectivity index (χ1) is 13.2. The monoisotopic (exact) mass is 385 g/mol. The Morgan fingerprint density at radius 1 is 1.04 bits per heavy atom. The van der Waals surface area contributed by atoms with Crippen LogP contribution in [-0.4, -0.2) is 49.6 Å². The maximum absolute atomic E-state index is 12.3. The van der Waals surface area contributed by atoms with Crippen molar-refractivity contribution in [3.63, 3.8) is 0 Å². The first-order valence-corrected chi connectivity index (χ1v) is 10.1. The summed E-state index contributed by atoms with van der Waals surface area (Å²) in [5.41, 5.74) is 2.01. The maximum Gasteiger partial charge on any atom is 0.251 e. The fourth-order valence-corrected chi connectivity index (χ4v) is 3.70. The molecule has 0 unspecified atom stereocenters. The summed E-state index contributed by atoms with van der Waals surface area (Å²) in [5.74, 6) is -0.00133. The highest BCUT2D eigenvalue weighted by molar-refractivity contribution is 6.30. The second kappa shape index (κ2) is 10.5. The van der Waals surface area contributed by atoms with E-state index in [1.54, 1.807) is 0 Å². The summed E-state index contributed by atoms with van der Waals surface area (Å²) in [4.78, 5) is 14.8. The van der Waals surface area contributed by atoms with Gasteiger partial charge in [-0.15, -0.1) is 0 Å². The maximum atomic E-state index is 12.3. The Morgan fingerprint density at radius 3 is 2.44 bits per heavy atom. The molecule has 0 radical (unpaired) electrons. The number of benzene rings is 2. The molecule has 1 fully saturated rings. The third kappa shape index (κ3) is 6.35. The summed E-state index contributed by atoms with van der Waals surface area (Å²) in [7, 11) is 0. The lowest BCUT2D eigenvalue weighted by molar-refractivity contribution is 0.0939. The van der Waals surface area contributed by atoms with Gasteiger partial charge in [-0.3, -0.25) is 9.69 Å². The van der Waals surface area contributed by atoms with Crippen molar-refractivity contribution in [3.05, 3.63) is 70.7 Å². The lowest BCUT2D eigenvalue weighted by atomic mass is 10.0. The van der Waals surface area contributed by atoms with Gasteiger partial charge in [0.05, 0.1) is 0 Å². The summed E-state index contributed by atoms with van der Waals surface area (Å²) in [6.07, 6.45) is 3.31. The van der Waals surface area contributed by atoms with Crippen LogP contribution in [0.4, 0.5) is 0 Å². The van der Waals surface area contributed by atoms with Gasteiger partial charge in [-0.05, 0) is 62.2 Å². The Hall–Kier alpha value is -1.88. The molecular formula is C22H28ClN3O. The van der Waals surface area contributed by atoms with Crippen molar-refractivity contribution in [2.45, 2.75) is 25.3 Å². The Morgan fingerprint density at radius 2 is 1.74 bits per heavy atom. The highest BCUT2D eigenvalue weighted by Crippen LogP contribution is 2.14. The number of nitrogens with one attached hydrogen (secondary N) is 2. The molecule has 0 aliphatic carbocycles. The van der Waals surface area contributed by atoms with Crippen LogP contribution in [0, 0.1) is 0 Å². The van der Waals surface area contributed by atoms with Crippen LogP contribution in [0.3, 0.4) is 0 Å². The number of rotatable bonds is 8. The minimum absolute atomic E-state index is 0.00133. The molecule has 0 spiro atoms. The second-order valence-corrected chi connectivity index (χ2v) is 7.45. The molecule has 2 N–H and O–H groups in total. The van der Waals surface area contributed by atoms with E-state index >= 15 is 0 Å². The van der Waals surface area contributed by atoms with Crippen molar-refractivity contribution in [2.24, 2.45) is 0 Å². The molecule has 1 amide bonds. The van der Waals surface area contributed by atoms with E-state index in [0.717, 1.165) is 50.5 Å². The lowest BCUT2D eigenvalue weighted by Crippen LogP contribution is -2.46. The zero-order valence-electron chi connectivity index (χ0n) is 15.7. The van der Waals surface area contributed by atoms with Crippen molar-refractivity contribution >= 4 is 17.5 Å². The van der Waals surface area contributed by atoms with Crippen LogP contribution in [0.25, 0.3) is 0 Å². The van der Waals surface area contributed by atoms with Crippen molar-refractivity contribution < 1.29 is 4.79 Å². The SMILES string of the molecule is O=C(NCCN(CCc1ccc(Cl)cc1)C1CCNCC1)c1ccccc1. The van der Waals surface area contributed by atoms with Crippen LogP contribution < -0.4 is 10.6 Å². The molecule has 4 nitrogen and oxygen atoms in total. The van der Waals surface area contributed by atoms with Gasteiger partial charge in [0.2, 0.25) is 0 Å². The first-order valence-electron chi connectivity index (χ1n) is 9.75. The number of hydrogen-bond donors (Lipinski definition) is 2. The zero-order chi connectivity index (χ0) is 18.9. The molecule has 0 atom stereocenters. The van der Waals surface area contributed by atoms with Crippen LogP contribution in [0.1, 0.15) is 28.8 Å². The summed E-state index contributed by atoms with van der Waals surface area (Å²) < 4.78 is 0. The summed E-state index contributed by atoms with van der Waals surface area (Å²) in [6.45, 7) is 4.67. The van der Waals surface area contributed by atoms with Crippen LogP contribution in [0.5, 0.6) is 0 Å². The molecule has 2 aromatic carbocycles. The molecule has 1 aliphatic heterocycles. The molecule has 144 valence electrons. The summed E-state index contributed by atoms with van der Waals surface area (Å²) >= 11 is 5.99. The van der Waals surface area contributed by atoms with E-state index in [-0.39, 0.29) is 5.91 Å².